The highest BCUT2D eigenvalue weighted by Gasteiger charge is 2.04. The van der Waals surface area contributed by atoms with Crippen LogP contribution in [0.1, 0.15) is 18.4 Å². The fourth-order valence-corrected chi connectivity index (χ4v) is 1.91. The molecule has 0 fully saturated rings. The van der Waals surface area contributed by atoms with Crippen molar-refractivity contribution in [3.8, 4) is 11.5 Å². The van der Waals surface area contributed by atoms with E-state index in [1.54, 1.807) is 6.07 Å². The van der Waals surface area contributed by atoms with E-state index in [9.17, 15) is 0 Å². The summed E-state index contributed by atoms with van der Waals surface area (Å²) in [5, 5.41) is 7.50. The van der Waals surface area contributed by atoms with Gasteiger partial charge < -0.3 is 15.2 Å². The molecule has 0 saturated heterocycles. The minimum Gasteiger partial charge on any atom is -0.494 e. The van der Waals surface area contributed by atoms with Gasteiger partial charge in [-0.2, -0.15) is 0 Å². The molecule has 0 spiro atoms. The van der Waals surface area contributed by atoms with Gasteiger partial charge >= 0.3 is 0 Å². The van der Waals surface area contributed by atoms with Crippen LogP contribution < -0.4 is 15.2 Å². The molecule has 2 aromatic rings. The van der Waals surface area contributed by atoms with E-state index in [1.165, 1.54) is 0 Å². The molecular formula is C17H20N2O2. The normalized spacial score (nSPS) is 10.1. The Morgan fingerprint density at radius 3 is 2.19 bits per heavy atom. The van der Waals surface area contributed by atoms with E-state index in [-0.39, 0.29) is 5.84 Å². The lowest BCUT2D eigenvalue weighted by Gasteiger charge is -2.10. The second kappa shape index (κ2) is 7.94. The molecule has 110 valence electrons. The summed E-state index contributed by atoms with van der Waals surface area (Å²) in [7, 11) is 0. The molecule has 0 radical (unpaired) electrons. The monoisotopic (exact) mass is 284 g/mol. The summed E-state index contributed by atoms with van der Waals surface area (Å²) in [6, 6.07) is 17.1. The molecule has 0 aromatic heterocycles. The molecule has 3 N–H and O–H groups in total. The largest absolute Gasteiger partial charge is 0.494 e. The zero-order valence-electron chi connectivity index (χ0n) is 11.9. The van der Waals surface area contributed by atoms with Crippen LogP contribution in [-0.2, 0) is 0 Å². The van der Waals surface area contributed by atoms with Crippen LogP contribution in [-0.4, -0.2) is 19.0 Å². The van der Waals surface area contributed by atoms with Crippen molar-refractivity contribution in [3.05, 3.63) is 60.2 Å². The Balaban J connectivity index is 1.67. The quantitative estimate of drug-likeness (QED) is 0.444. The predicted octanol–water partition coefficient (Wildman–Crippen LogP) is 3.21. The number of hydrogen-bond acceptors (Lipinski definition) is 3. The number of para-hydroxylation sites is 2. The molecule has 0 aliphatic carbocycles. The zero-order chi connectivity index (χ0) is 14.9. The fourth-order valence-electron chi connectivity index (χ4n) is 1.91. The molecule has 0 amide bonds. The van der Waals surface area contributed by atoms with Crippen molar-refractivity contribution in [2.24, 2.45) is 5.73 Å². The topological polar surface area (TPSA) is 68.3 Å². The van der Waals surface area contributed by atoms with Crippen LogP contribution in [0.3, 0.4) is 0 Å². The van der Waals surface area contributed by atoms with Gasteiger partial charge in [-0.15, -0.1) is 0 Å². The van der Waals surface area contributed by atoms with Gasteiger partial charge in [-0.25, -0.2) is 0 Å². The molecule has 0 aliphatic rings. The van der Waals surface area contributed by atoms with Crippen molar-refractivity contribution in [2.75, 3.05) is 13.2 Å². The molecule has 4 heteroatoms. The Hall–Kier alpha value is -2.49. The molecule has 2 aromatic carbocycles. The van der Waals surface area contributed by atoms with Crippen molar-refractivity contribution >= 4 is 5.84 Å². The van der Waals surface area contributed by atoms with E-state index in [1.807, 2.05) is 48.5 Å². The summed E-state index contributed by atoms with van der Waals surface area (Å²) in [4.78, 5) is 0. The standard InChI is InChI=1S/C17H20N2O2/c18-17(19)15-10-4-5-11-16(15)21-13-7-6-12-20-14-8-2-1-3-9-14/h1-5,8-11H,6-7,12-13H2,(H3,18,19). The minimum atomic E-state index is 0.0259. The zero-order valence-corrected chi connectivity index (χ0v) is 11.9. The number of amidine groups is 1. The van der Waals surface area contributed by atoms with Crippen LogP contribution in [0.25, 0.3) is 0 Å². The van der Waals surface area contributed by atoms with Gasteiger partial charge in [0.2, 0.25) is 0 Å². The van der Waals surface area contributed by atoms with Gasteiger partial charge in [0.15, 0.2) is 0 Å². The van der Waals surface area contributed by atoms with Crippen LogP contribution in [0.15, 0.2) is 54.6 Å². The lowest BCUT2D eigenvalue weighted by molar-refractivity contribution is 0.266. The molecule has 0 heterocycles. The number of nitrogens with one attached hydrogen (secondary N) is 1. The van der Waals surface area contributed by atoms with E-state index in [0.717, 1.165) is 18.6 Å². The summed E-state index contributed by atoms with van der Waals surface area (Å²) in [6.45, 7) is 1.25. The van der Waals surface area contributed by atoms with Gasteiger partial charge in [-0.3, -0.25) is 5.41 Å². The first-order valence-corrected chi connectivity index (χ1v) is 7.01. The number of rotatable bonds is 8. The van der Waals surface area contributed by atoms with Gasteiger partial charge in [0.1, 0.15) is 17.3 Å². The van der Waals surface area contributed by atoms with Crippen LogP contribution in [0.4, 0.5) is 0 Å². The molecule has 2 rings (SSSR count). The van der Waals surface area contributed by atoms with Crippen molar-refractivity contribution < 1.29 is 9.47 Å². The Bertz CT molecular complexity index is 570. The third kappa shape index (κ3) is 4.84. The van der Waals surface area contributed by atoms with Gasteiger partial charge in [0.25, 0.3) is 0 Å². The van der Waals surface area contributed by atoms with Crippen LogP contribution >= 0.6 is 0 Å². The number of benzene rings is 2. The van der Waals surface area contributed by atoms with E-state index in [4.69, 9.17) is 20.6 Å². The first-order valence-electron chi connectivity index (χ1n) is 7.01. The second-order valence-electron chi connectivity index (χ2n) is 4.63. The van der Waals surface area contributed by atoms with E-state index in [0.29, 0.717) is 24.5 Å². The maximum absolute atomic E-state index is 7.50. The van der Waals surface area contributed by atoms with Gasteiger partial charge in [-0.05, 0) is 37.1 Å². The maximum Gasteiger partial charge on any atom is 0.130 e. The minimum absolute atomic E-state index is 0.0259. The average Bonchev–Trinajstić information content (AvgIpc) is 2.52. The number of ether oxygens (including phenoxy) is 2. The first-order chi connectivity index (χ1) is 10.3. The third-order valence-corrected chi connectivity index (χ3v) is 2.99. The molecule has 0 bridgehead atoms. The van der Waals surface area contributed by atoms with E-state index < -0.39 is 0 Å². The lowest BCUT2D eigenvalue weighted by atomic mass is 10.2. The molecule has 21 heavy (non-hydrogen) atoms. The highest BCUT2D eigenvalue weighted by molar-refractivity contribution is 5.97. The number of unbranched alkanes of at least 4 members (excludes halogenated alkanes) is 1. The van der Waals surface area contributed by atoms with Crippen LogP contribution in [0.2, 0.25) is 0 Å². The highest BCUT2D eigenvalue weighted by atomic mass is 16.5. The Morgan fingerprint density at radius 2 is 1.48 bits per heavy atom. The molecule has 4 nitrogen and oxygen atoms in total. The molecule has 0 saturated carbocycles. The second-order valence-corrected chi connectivity index (χ2v) is 4.63. The van der Waals surface area contributed by atoms with Gasteiger partial charge in [0.05, 0.1) is 18.8 Å². The molecule has 0 atom stereocenters. The van der Waals surface area contributed by atoms with E-state index >= 15 is 0 Å². The maximum atomic E-state index is 7.50. The Kier molecular flexibility index (Phi) is 5.64. The predicted molar refractivity (Wildman–Crippen MR) is 84.1 cm³/mol. The number of hydrogen-bond donors (Lipinski definition) is 2. The smallest absolute Gasteiger partial charge is 0.130 e. The van der Waals surface area contributed by atoms with Crippen molar-refractivity contribution in [3.63, 3.8) is 0 Å². The van der Waals surface area contributed by atoms with Crippen molar-refractivity contribution in [2.45, 2.75) is 12.8 Å². The van der Waals surface area contributed by atoms with E-state index in [2.05, 4.69) is 0 Å². The van der Waals surface area contributed by atoms with Crippen LogP contribution in [0, 0.1) is 5.41 Å². The van der Waals surface area contributed by atoms with Crippen molar-refractivity contribution in [1.82, 2.24) is 0 Å². The molecule has 0 unspecified atom stereocenters. The first kappa shape index (κ1) is 14.9. The average molecular weight is 284 g/mol. The Morgan fingerprint density at radius 1 is 0.857 bits per heavy atom. The fraction of sp³-hybridized carbons (Fsp3) is 0.235. The molecular weight excluding hydrogens is 264 g/mol. The SMILES string of the molecule is N=C(N)c1ccccc1OCCCCOc1ccccc1. The van der Waals surface area contributed by atoms with Gasteiger partial charge in [-0.1, -0.05) is 30.3 Å². The number of nitrogens with two attached hydrogens (primary N) is 1. The highest BCUT2D eigenvalue weighted by Crippen LogP contribution is 2.17. The molecule has 0 aliphatic heterocycles. The van der Waals surface area contributed by atoms with Gasteiger partial charge in [0, 0.05) is 0 Å². The summed E-state index contributed by atoms with van der Waals surface area (Å²) in [6.07, 6.45) is 1.80. The number of nitrogen functional groups attached to an aromatic ring is 1. The van der Waals surface area contributed by atoms with Crippen molar-refractivity contribution in [1.29, 1.82) is 5.41 Å². The summed E-state index contributed by atoms with van der Waals surface area (Å²) >= 11 is 0. The summed E-state index contributed by atoms with van der Waals surface area (Å²) < 4.78 is 11.3. The van der Waals surface area contributed by atoms with Crippen LogP contribution in [0.5, 0.6) is 11.5 Å². The lowest BCUT2D eigenvalue weighted by Crippen LogP contribution is -2.13. The summed E-state index contributed by atoms with van der Waals surface area (Å²) in [5.74, 6) is 1.58. The Labute approximate surface area is 125 Å². The third-order valence-electron chi connectivity index (χ3n) is 2.99. The summed E-state index contributed by atoms with van der Waals surface area (Å²) in [5.41, 5.74) is 6.15.